The molecule has 0 fully saturated rings. The molecule has 0 heterocycles. The van der Waals surface area contributed by atoms with E-state index in [4.69, 9.17) is 15.7 Å². The Morgan fingerprint density at radius 2 is 2.28 bits per heavy atom. The SMILES string of the molecule is CCC(Oc1ccc(F)cc1C(C)=NO)C(N)=O. The molecule has 3 N–H and O–H groups in total. The van der Waals surface area contributed by atoms with Gasteiger partial charge in [0.15, 0.2) is 6.10 Å². The molecule has 1 atom stereocenters. The Morgan fingerprint density at radius 3 is 2.78 bits per heavy atom. The third kappa shape index (κ3) is 3.19. The van der Waals surface area contributed by atoms with Crippen molar-refractivity contribution in [2.45, 2.75) is 26.4 Å². The first-order valence-corrected chi connectivity index (χ1v) is 5.44. The summed E-state index contributed by atoms with van der Waals surface area (Å²) in [4.78, 5) is 11.1. The molecule has 0 saturated carbocycles. The van der Waals surface area contributed by atoms with E-state index in [2.05, 4.69) is 5.16 Å². The molecule has 0 aliphatic rings. The molecule has 1 aromatic rings. The summed E-state index contributed by atoms with van der Waals surface area (Å²) >= 11 is 0. The second kappa shape index (κ2) is 6.00. The van der Waals surface area contributed by atoms with E-state index >= 15 is 0 Å². The highest BCUT2D eigenvalue weighted by atomic mass is 19.1. The van der Waals surface area contributed by atoms with Crippen LogP contribution < -0.4 is 10.5 Å². The van der Waals surface area contributed by atoms with Gasteiger partial charge in [-0.05, 0) is 31.5 Å². The monoisotopic (exact) mass is 254 g/mol. The Bertz CT molecular complexity index is 474. The molecular weight excluding hydrogens is 239 g/mol. The van der Waals surface area contributed by atoms with Crippen LogP contribution in [0.2, 0.25) is 0 Å². The fourth-order valence-corrected chi connectivity index (χ4v) is 1.44. The number of ether oxygens (including phenoxy) is 1. The van der Waals surface area contributed by atoms with Crippen LogP contribution in [-0.4, -0.2) is 22.9 Å². The summed E-state index contributed by atoms with van der Waals surface area (Å²) in [7, 11) is 0. The smallest absolute Gasteiger partial charge is 0.258 e. The van der Waals surface area contributed by atoms with Gasteiger partial charge in [0, 0.05) is 5.56 Å². The molecule has 1 aromatic carbocycles. The van der Waals surface area contributed by atoms with Gasteiger partial charge in [0.1, 0.15) is 11.6 Å². The number of carbonyl (C=O) groups excluding carboxylic acids is 1. The predicted molar refractivity (Wildman–Crippen MR) is 64.3 cm³/mol. The van der Waals surface area contributed by atoms with Gasteiger partial charge in [-0.1, -0.05) is 12.1 Å². The summed E-state index contributed by atoms with van der Waals surface area (Å²) in [6.45, 7) is 3.23. The first-order valence-electron chi connectivity index (χ1n) is 5.44. The topological polar surface area (TPSA) is 84.9 Å². The number of hydrogen-bond acceptors (Lipinski definition) is 4. The van der Waals surface area contributed by atoms with Crippen molar-refractivity contribution >= 4 is 11.6 Å². The summed E-state index contributed by atoms with van der Waals surface area (Å²) in [5.41, 5.74) is 5.63. The first kappa shape index (κ1) is 14.0. The van der Waals surface area contributed by atoms with E-state index in [1.807, 2.05) is 0 Å². The van der Waals surface area contributed by atoms with E-state index in [9.17, 15) is 9.18 Å². The Hall–Kier alpha value is -2.11. The predicted octanol–water partition coefficient (Wildman–Crippen LogP) is 1.67. The van der Waals surface area contributed by atoms with Gasteiger partial charge in [-0.25, -0.2) is 4.39 Å². The number of rotatable bonds is 5. The second-order valence-electron chi connectivity index (χ2n) is 3.74. The molecule has 6 heteroatoms. The minimum absolute atomic E-state index is 0.184. The number of carbonyl (C=O) groups is 1. The van der Waals surface area contributed by atoms with Crippen molar-refractivity contribution in [3.8, 4) is 5.75 Å². The molecule has 98 valence electrons. The van der Waals surface area contributed by atoms with Gasteiger partial charge < -0.3 is 15.7 Å². The number of hydrogen-bond donors (Lipinski definition) is 2. The maximum atomic E-state index is 13.1. The van der Waals surface area contributed by atoms with Crippen molar-refractivity contribution in [3.05, 3.63) is 29.6 Å². The Balaban J connectivity index is 3.12. The van der Waals surface area contributed by atoms with Crippen LogP contribution in [0.1, 0.15) is 25.8 Å². The lowest BCUT2D eigenvalue weighted by atomic mass is 10.1. The number of benzene rings is 1. The maximum absolute atomic E-state index is 13.1. The van der Waals surface area contributed by atoms with Crippen LogP contribution in [0, 0.1) is 5.82 Å². The number of amides is 1. The fourth-order valence-electron chi connectivity index (χ4n) is 1.44. The molecule has 1 amide bonds. The zero-order valence-corrected chi connectivity index (χ0v) is 10.2. The third-order valence-corrected chi connectivity index (χ3v) is 2.44. The second-order valence-corrected chi connectivity index (χ2v) is 3.74. The van der Waals surface area contributed by atoms with Crippen molar-refractivity contribution < 1.29 is 19.1 Å². The Kier molecular flexibility index (Phi) is 4.65. The Morgan fingerprint density at radius 1 is 1.61 bits per heavy atom. The molecule has 0 aromatic heterocycles. The number of halogens is 1. The average Bonchev–Trinajstić information content (AvgIpc) is 2.35. The minimum atomic E-state index is -0.805. The van der Waals surface area contributed by atoms with Gasteiger partial charge in [-0.3, -0.25) is 4.79 Å². The molecule has 0 radical (unpaired) electrons. The average molecular weight is 254 g/mol. The van der Waals surface area contributed by atoms with Gasteiger partial charge in [0.05, 0.1) is 5.71 Å². The van der Waals surface area contributed by atoms with Crippen molar-refractivity contribution in [1.29, 1.82) is 0 Å². The van der Waals surface area contributed by atoms with Crippen LogP contribution in [0.4, 0.5) is 4.39 Å². The highest BCUT2D eigenvalue weighted by Crippen LogP contribution is 2.22. The van der Waals surface area contributed by atoms with E-state index in [0.29, 0.717) is 6.42 Å². The van der Waals surface area contributed by atoms with Gasteiger partial charge in [-0.2, -0.15) is 0 Å². The largest absolute Gasteiger partial charge is 0.480 e. The van der Waals surface area contributed by atoms with Gasteiger partial charge in [0.25, 0.3) is 5.91 Å². The lowest BCUT2D eigenvalue weighted by Crippen LogP contribution is -2.33. The third-order valence-electron chi connectivity index (χ3n) is 2.44. The zero-order chi connectivity index (χ0) is 13.7. The van der Waals surface area contributed by atoms with Crippen molar-refractivity contribution in [2.24, 2.45) is 10.9 Å². The van der Waals surface area contributed by atoms with Crippen LogP contribution in [0.15, 0.2) is 23.4 Å². The van der Waals surface area contributed by atoms with Crippen molar-refractivity contribution in [1.82, 2.24) is 0 Å². The molecule has 0 bridgehead atoms. The zero-order valence-electron chi connectivity index (χ0n) is 10.2. The minimum Gasteiger partial charge on any atom is -0.480 e. The lowest BCUT2D eigenvalue weighted by molar-refractivity contribution is -0.124. The van der Waals surface area contributed by atoms with Crippen LogP contribution in [0.5, 0.6) is 5.75 Å². The molecule has 18 heavy (non-hydrogen) atoms. The van der Waals surface area contributed by atoms with E-state index < -0.39 is 17.8 Å². The highest BCUT2D eigenvalue weighted by molar-refractivity contribution is 6.00. The molecular formula is C12H15FN2O3. The van der Waals surface area contributed by atoms with Crippen LogP contribution in [-0.2, 0) is 4.79 Å². The highest BCUT2D eigenvalue weighted by Gasteiger charge is 2.18. The van der Waals surface area contributed by atoms with Crippen molar-refractivity contribution in [2.75, 3.05) is 0 Å². The molecule has 0 aliphatic carbocycles. The summed E-state index contributed by atoms with van der Waals surface area (Å²) in [6, 6.07) is 3.72. The lowest BCUT2D eigenvalue weighted by Gasteiger charge is -2.16. The number of nitrogens with two attached hydrogens (primary N) is 1. The maximum Gasteiger partial charge on any atom is 0.258 e. The van der Waals surface area contributed by atoms with Gasteiger partial charge in [0.2, 0.25) is 0 Å². The summed E-state index contributed by atoms with van der Waals surface area (Å²) < 4.78 is 18.5. The quantitative estimate of drug-likeness (QED) is 0.476. The first-order chi connectivity index (χ1) is 8.49. The molecule has 0 aliphatic heterocycles. The van der Waals surface area contributed by atoms with E-state index in [1.165, 1.54) is 19.1 Å². The number of primary amides is 1. The summed E-state index contributed by atoms with van der Waals surface area (Å²) in [6.07, 6.45) is -0.415. The van der Waals surface area contributed by atoms with E-state index in [1.54, 1.807) is 6.92 Å². The molecule has 1 unspecified atom stereocenters. The van der Waals surface area contributed by atoms with Crippen LogP contribution in [0.3, 0.4) is 0 Å². The normalized spacial score (nSPS) is 13.2. The number of oxime groups is 1. The van der Waals surface area contributed by atoms with E-state index in [0.717, 1.165) is 6.07 Å². The summed E-state index contributed by atoms with van der Waals surface area (Å²) in [5, 5.41) is 11.7. The summed E-state index contributed by atoms with van der Waals surface area (Å²) in [5.74, 6) is -0.851. The molecule has 0 saturated heterocycles. The molecule has 1 rings (SSSR count). The van der Waals surface area contributed by atoms with Gasteiger partial charge >= 0.3 is 0 Å². The fraction of sp³-hybridized carbons (Fsp3) is 0.333. The molecule has 5 nitrogen and oxygen atoms in total. The van der Waals surface area contributed by atoms with Crippen LogP contribution >= 0.6 is 0 Å². The van der Waals surface area contributed by atoms with Crippen LogP contribution in [0.25, 0.3) is 0 Å². The molecule has 0 spiro atoms. The Labute approximate surface area is 104 Å². The standard InChI is InChI=1S/C12H15FN2O3/c1-3-10(12(14)16)18-11-5-4-8(13)6-9(11)7(2)15-17/h4-6,10,17H,3H2,1-2H3,(H2,14,16). The van der Waals surface area contributed by atoms with Gasteiger partial charge in [-0.15, -0.1) is 0 Å². The van der Waals surface area contributed by atoms with Crippen molar-refractivity contribution in [3.63, 3.8) is 0 Å². The number of nitrogens with zero attached hydrogens (tertiary/aromatic N) is 1. The van der Waals surface area contributed by atoms with E-state index in [-0.39, 0.29) is 17.0 Å².